The van der Waals surface area contributed by atoms with Gasteiger partial charge in [0.05, 0.1) is 5.25 Å². The van der Waals surface area contributed by atoms with Crippen LogP contribution in [0.15, 0.2) is 24.3 Å². The molecule has 0 saturated heterocycles. The zero-order valence-corrected chi connectivity index (χ0v) is 12.2. The van der Waals surface area contributed by atoms with Crippen molar-refractivity contribution in [2.45, 2.75) is 44.2 Å². The first-order valence-electron chi connectivity index (χ1n) is 6.10. The van der Waals surface area contributed by atoms with Crippen LogP contribution in [0.5, 0.6) is 0 Å². The van der Waals surface area contributed by atoms with E-state index in [9.17, 15) is 4.21 Å². The first kappa shape index (κ1) is 14.4. The summed E-state index contributed by atoms with van der Waals surface area (Å²) in [6, 6.07) is 8.59. The summed E-state index contributed by atoms with van der Waals surface area (Å²) in [7, 11) is 1.11. The van der Waals surface area contributed by atoms with Gasteiger partial charge in [0.1, 0.15) is 0 Å². The lowest BCUT2D eigenvalue weighted by Crippen LogP contribution is -2.33. The minimum atomic E-state index is -0.815. The van der Waals surface area contributed by atoms with Gasteiger partial charge in [0.2, 0.25) is 0 Å². The van der Waals surface area contributed by atoms with Crippen molar-refractivity contribution < 1.29 is 4.21 Å². The van der Waals surface area contributed by atoms with Crippen molar-refractivity contribution in [2.24, 2.45) is 0 Å². The Morgan fingerprint density at radius 2 is 1.65 bits per heavy atom. The Bertz CT molecular complexity index is 372. The number of hydrogen-bond acceptors (Lipinski definition) is 2. The van der Waals surface area contributed by atoms with E-state index in [0.717, 1.165) is 0 Å². The van der Waals surface area contributed by atoms with Crippen LogP contribution in [0, 0.1) is 6.92 Å². The van der Waals surface area contributed by atoms with Gasteiger partial charge in [-0.2, -0.15) is 0 Å². The van der Waals surface area contributed by atoms with Crippen molar-refractivity contribution in [2.75, 3.05) is 7.05 Å². The Balaban J connectivity index is 2.91. The maximum atomic E-state index is 12.2. The predicted octanol–water partition coefficient (Wildman–Crippen LogP) is 2.80. The van der Waals surface area contributed by atoms with Crippen LogP contribution in [0.1, 0.15) is 37.9 Å². The van der Waals surface area contributed by atoms with Gasteiger partial charge in [-0.25, -0.2) is 0 Å². The first-order valence-corrected chi connectivity index (χ1v) is 7.38. The van der Waals surface area contributed by atoms with E-state index in [1.807, 2.05) is 20.9 Å². The van der Waals surface area contributed by atoms with E-state index in [1.54, 1.807) is 0 Å². The lowest BCUT2D eigenvalue weighted by atomic mass is 10.0. The molecule has 0 saturated carbocycles. The summed E-state index contributed by atoms with van der Waals surface area (Å²) in [4.78, 5) is 0. The predicted molar refractivity (Wildman–Crippen MR) is 75.7 cm³/mol. The number of nitrogens with one attached hydrogen (secondary N) is 1. The fraction of sp³-hybridized carbons (Fsp3) is 0.571. The second-order valence-electron chi connectivity index (χ2n) is 4.76. The molecule has 3 heteroatoms. The monoisotopic (exact) mass is 253 g/mol. The van der Waals surface area contributed by atoms with E-state index < -0.39 is 10.8 Å². The van der Waals surface area contributed by atoms with E-state index in [0.29, 0.717) is 0 Å². The fourth-order valence-electron chi connectivity index (χ4n) is 2.01. The Labute approximate surface area is 107 Å². The fourth-order valence-corrected chi connectivity index (χ4v) is 3.43. The van der Waals surface area contributed by atoms with Gasteiger partial charge in [-0.05, 0) is 26.5 Å². The topological polar surface area (TPSA) is 29.1 Å². The van der Waals surface area contributed by atoms with Gasteiger partial charge in [0, 0.05) is 22.1 Å². The standard InChI is InChI=1S/C14H23NOS/c1-10(2)17(16)12(4)14(15-5)13-8-6-11(3)7-9-13/h6-10,12,14-15H,1-5H3. The molecule has 3 unspecified atom stereocenters. The smallest absolute Gasteiger partial charge is 0.0517 e. The molecule has 0 bridgehead atoms. The van der Waals surface area contributed by atoms with Crippen molar-refractivity contribution >= 4 is 10.8 Å². The Hall–Kier alpha value is -0.670. The summed E-state index contributed by atoms with van der Waals surface area (Å²) in [5, 5.41) is 3.59. The number of hydrogen-bond donors (Lipinski definition) is 1. The maximum absolute atomic E-state index is 12.2. The second kappa shape index (κ2) is 6.31. The molecule has 0 aliphatic rings. The van der Waals surface area contributed by atoms with Crippen LogP contribution in [0.4, 0.5) is 0 Å². The van der Waals surface area contributed by atoms with Crippen LogP contribution in [-0.4, -0.2) is 21.8 Å². The summed E-state index contributed by atoms with van der Waals surface area (Å²) in [5.41, 5.74) is 2.46. The van der Waals surface area contributed by atoms with Crippen LogP contribution in [0.3, 0.4) is 0 Å². The summed E-state index contributed by atoms with van der Waals surface area (Å²) < 4.78 is 12.2. The Kier molecular flexibility index (Phi) is 5.34. The average molecular weight is 253 g/mol. The molecule has 2 nitrogen and oxygen atoms in total. The molecule has 0 radical (unpaired) electrons. The van der Waals surface area contributed by atoms with Crippen molar-refractivity contribution in [1.82, 2.24) is 5.32 Å². The molecule has 0 aromatic heterocycles. The second-order valence-corrected chi connectivity index (χ2v) is 7.10. The zero-order valence-electron chi connectivity index (χ0n) is 11.4. The van der Waals surface area contributed by atoms with E-state index in [-0.39, 0.29) is 16.5 Å². The molecule has 0 amide bonds. The highest BCUT2D eigenvalue weighted by Gasteiger charge is 2.24. The van der Waals surface area contributed by atoms with Crippen molar-refractivity contribution in [3.8, 4) is 0 Å². The lowest BCUT2D eigenvalue weighted by Gasteiger charge is -2.25. The highest BCUT2D eigenvalue weighted by molar-refractivity contribution is 7.86. The van der Waals surface area contributed by atoms with Crippen LogP contribution in [0.25, 0.3) is 0 Å². The molecule has 0 spiro atoms. The molecule has 1 aromatic rings. The molecule has 0 aliphatic carbocycles. The van der Waals surface area contributed by atoms with E-state index in [1.165, 1.54) is 11.1 Å². The van der Waals surface area contributed by atoms with Gasteiger partial charge >= 0.3 is 0 Å². The Morgan fingerprint density at radius 1 is 1.12 bits per heavy atom. The van der Waals surface area contributed by atoms with Gasteiger partial charge in [-0.3, -0.25) is 4.21 Å². The summed E-state index contributed by atoms with van der Waals surface area (Å²) >= 11 is 0. The number of aryl methyl sites for hydroxylation is 1. The molecule has 0 fully saturated rings. The van der Waals surface area contributed by atoms with Gasteiger partial charge in [0.25, 0.3) is 0 Å². The summed E-state index contributed by atoms with van der Waals surface area (Å²) in [5.74, 6) is 0. The largest absolute Gasteiger partial charge is 0.312 e. The number of rotatable bonds is 5. The van der Waals surface area contributed by atoms with Crippen molar-refractivity contribution in [3.63, 3.8) is 0 Å². The van der Waals surface area contributed by atoms with Crippen LogP contribution < -0.4 is 5.32 Å². The highest BCUT2D eigenvalue weighted by Crippen LogP contribution is 2.22. The summed E-state index contributed by atoms with van der Waals surface area (Å²) in [6.07, 6.45) is 0. The molecule has 1 rings (SSSR count). The molecule has 17 heavy (non-hydrogen) atoms. The first-order chi connectivity index (χ1) is 7.97. The third-order valence-electron chi connectivity index (χ3n) is 3.05. The van der Waals surface area contributed by atoms with Crippen LogP contribution in [-0.2, 0) is 10.8 Å². The molecular weight excluding hydrogens is 230 g/mol. The minimum Gasteiger partial charge on any atom is -0.312 e. The SMILES string of the molecule is CNC(c1ccc(C)cc1)C(C)S(=O)C(C)C. The van der Waals surface area contributed by atoms with Crippen LogP contribution in [0.2, 0.25) is 0 Å². The van der Waals surface area contributed by atoms with Gasteiger partial charge in [-0.15, -0.1) is 0 Å². The quantitative estimate of drug-likeness (QED) is 0.874. The molecule has 0 heterocycles. The molecule has 3 atom stereocenters. The zero-order chi connectivity index (χ0) is 13.0. The maximum Gasteiger partial charge on any atom is 0.0517 e. The van der Waals surface area contributed by atoms with Gasteiger partial charge < -0.3 is 5.32 Å². The third kappa shape index (κ3) is 3.65. The van der Waals surface area contributed by atoms with Crippen molar-refractivity contribution in [1.29, 1.82) is 0 Å². The van der Waals surface area contributed by atoms with E-state index in [2.05, 4.69) is 43.4 Å². The van der Waals surface area contributed by atoms with E-state index in [4.69, 9.17) is 0 Å². The molecule has 96 valence electrons. The van der Waals surface area contributed by atoms with Gasteiger partial charge in [-0.1, -0.05) is 43.7 Å². The number of benzene rings is 1. The van der Waals surface area contributed by atoms with E-state index >= 15 is 0 Å². The average Bonchev–Trinajstić information content (AvgIpc) is 2.31. The van der Waals surface area contributed by atoms with Crippen LogP contribution >= 0.6 is 0 Å². The normalized spacial score (nSPS) is 16.8. The minimum absolute atomic E-state index is 0.114. The Morgan fingerprint density at radius 3 is 2.06 bits per heavy atom. The molecule has 1 aromatic carbocycles. The highest BCUT2D eigenvalue weighted by atomic mass is 32.2. The molecule has 0 aliphatic heterocycles. The molecular formula is C14H23NOS. The van der Waals surface area contributed by atoms with Gasteiger partial charge in [0.15, 0.2) is 0 Å². The van der Waals surface area contributed by atoms with Crippen molar-refractivity contribution in [3.05, 3.63) is 35.4 Å². The summed E-state index contributed by atoms with van der Waals surface area (Å²) in [6.45, 7) is 8.15. The molecule has 1 N–H and O–H groups in total. The lowest BCUT2D eigenvalue weighted by molar-refractivity contribution is 0.567. The third-order valence-corrected chi connectivity index (χ3v) is 4.98.